The molecule has 0 spiro atoms. The van der Waals surface area contributed by atoms with Crippen LogP contribution in [-0.4, -0.2) is 51.3 Å². The molecule has 1 unspecified atom stereocenters. The average Bonchev–Trinajstić information content (AvgIpc) is 2.95. The van der Waals surface area contributed by atoms with E-state index in [0.717, 1.165) is 0 Å². The molecule has 0 radical (unpaired) electrons. The Labute approximate surface area is 180 Å². The van der Waals surface area contributed by atoms with E-state index in [4.69, 9.17) is 21.1 Å². The van der Waals surface area contributed by atoms with Crippen molar-refractivity contribution in [2.45, 2.75) is 76.8 Å². The maximum Gasteiger partial charge on any atom is 0.333 e. The third-order valence-electron chi connectivity index (χ3n) is 8.74. The SMILES string of the molecule is CC(=O)O[C@]1(C(C)=O)CC[C@H]2[C@@H]3[C@H](O)[C@@H](Cl)C4=CC(=O)OC(O)[C@]4(C)[C@H]3CC[C@@]21C. The van der Waals surface area contributed by atoms with Gasteiger partial charge in [0.2, 0.25) is 6.29 Å². The summed E-state index contributed by atoms with van der Waals surface area (Å²) in [7, 11) is 0. The first-order valence-electron chi connectivity index (χ1n) is 10.5. The number of ether oxygens (including phenoxy) is 2. The maximum absolute atomic E-state index is 12.8. The molecule has 0 aromatic carbocycles. The Balaban J connectivity index is 1.81. The van der Waals surface area contributed by atoms with E-state index in [1.165, 1.54) is 19.9 Å². The summed E-state index contributed by atoms with van der Waals surface area (Å²) >= 11 is 6.65. The molecule has 1 heterocycles. The number of aliphatic hydroxyl groups excluding tert-OH is 2. The molecule has 3 fully saturated rings. The van der Waals surface area contributed by atoms with Gasteiger partial charge in [-0.1, -0.05) is 6.92 Å². The molecule has 3 aliphatic carbocycles. The lowest BCUT2D eigenvalue weighted by Crippen LogP contribution is -2.65. The van der Waals surface area contributed by atoms with E-state index >= 15 is 0 Å². The highest BCUT2D eigenvalue weighted by molar-refractivity contribution is 6.23. The number of halogens is 1. The predicted molar refractivity (Wildman–Crippen MR) is 106 cm³/mol. The molecule has 30 heavy (non-hydrogen) atoms. The zero-order valence-electron chi connectivity index (χ0n) is 17.7. The van der Waals surface area contributed by atoms with Crippen molar-refractivity contribution in [3.63, 3.8) is 0 Å². The zero-order valence-corrected chi connectivity index (χ0v) is 18.4. The largest absolute Gasteiger partial charge is 0.451 e. The Hall–Kier alpha value is -1.44. The van der Waals surface area contributed by atoms with Gasteiger partial charge in [0.05, 0.1) is 16.9 Å². The minimum atomic E-state index is -1.36. The first-order valence-corrected chi connectivity index (χ1v) is 11.0. The fourth-order valence-electron chi connectivity index (χ4n) is 7.28. The Kier molecular flexibility index (Phi) is 4.92. The van der Waals surface area contributed by atoms with Crippen LogP contribution in [0.5, 0.6) is 0 Å². The molecule has 0 bridgehead atoms. The van der Waals surface area contributed by atoms with Gasteiger partial charge in [0.25, 0.3) is 0 Å². The monoisotopic (exact) mass is 440 g/mol. The summed E-state index contributed by atoms with van der Waals surface area (Å²) in [5.74, 6) is -2.03. The molecule has 0 saturated heterocycles. The normalized spacial score (nSPS) is 49.8. The van der Waals surface area contributed by atoms with Gasteiger partial charge in [-0.15, -0.1) is 11.6 Å². The topological polar surface area (TPSA) is 110 Å². The van der Waals surface area contributed by atoms with E-state index in [1.807, 2.05) is 13.8 Å². The quantitative estimate of drug-likeness (QED) is 0.499. The molecular weight excluding hydrogens is 412 g/mol. The minimum Gasteiger partial charge on any atom is -0.451 e. The second-order valence-corrected chi connectivity index (χ2v) is 10.3. The summed E-state index contributed by atoms with van der Waals surface area (Å²) in [4.78, 5) is 36.6. The molecule has 0 aromatic rings. The van der Waals surface area contributed by atoms with Crippen LogP contribution in [0.1, 0.15) is 53.4 Å². The third-order valence-corrected chi connectivity index (χ3v) is 9.23. The van der Waals surface area contributed by atoms with Crippen molar-refractivity contribution >= 4 is 29.3 Å². The lowest BCUT2D eigenvalue weighted by molar-refractivity contribution is -0.224. The highest BCUT2D eigenvalue weighted by atomic mass is 35.5. The van der Waals surface area contributed by atoms with Crippen LogP contribution in [-0.2, 0) is 23.9 Å². The van der Waals surface area contributed by atoms with E-state index in [-0.39, 0.29) is 23.5 Å². The first-order chi connectivity index (χ1) is 13.9. The van der Waals surface area contributed by atoms with Gasteiger partial charge in [0, 0.05) is 18.4 Å². The number of Topliss-reactive ketones (excluding diaryl/α,β-unsaturated/α-hetero) is 1. The molecule has 0 amide bonds. The van der Waals surface area contributed by atoms with Crippen LogP contribution >= 0.6 is 11.6 Å². The van der Waals surface area contributed by atoms with Crippen LogP contribution in [0.25, 0.3) is 0 Å². The van der Waals surface area contributed by atoms with Crippen LogP contribution in [0.2, 0.25) is 0 Å². The summed E-state index contributed by atoms with van der Waals surface area (Å²) in [6, 6.07) is 0. The average molecular weight is 441 g/mol. The number of hydrogen-bond acceptors (Lipinski definition) is 7. The van der Waals surface area contributed by atoms with Crippen molar-refractivity contribution in [3.8, 4) is 0 Å². The number of cyclic esters (lactones) is 1. The molecular formula is C22H29ClO7. The second-order valence-electron chi connectivity index (χ2n) is 9.83. The van der Waals surface area contributed by atoms with Crippen molar-refractivity contribution in [2.24, 2.45) is 28.6 Å². The molecule has 7 nitrogen and oxygen atoms in total. The first kappa shape index (κ1) is 21.8. The lowest BCUT2D eigenvalue weighted by Gasteiger charge is -2.61. The van der Waals surface area contributed by atoms with Gasteiger partial charge in [-0.25, -0.2) is 4.79 Å². The highest BCUT2D eigenvalue weighted by Gasteiger charge is 2.71. The van der Waals surface area contributed by atoms with Crippen LogP contribution in [0.15, 0.2) is 11.6 Å². The standard InChI is InChI=1S/C22H29ClO7/c1-10(24)22(30-11(2)25)8-6-12-16-13(5-7-20(12,22)3)21(4)14(17(23)18(16)27)9-15(26)29-19(21)28/h9,12-13,16-19,27-28H,5-8H2,1-4H3/t12-,13-,16-,17-,18-,19?,20-,21+,22-/m0/s1. The van der Waals surface area contributed by atoms with Crippen molar-refractivity contribution in [3.05, 3.63) is 11.6 Å². The van der Waals surface area contributed by atoms with Gasteiger partial charge >= 0.3 is 11.9 Å². The molecule has 166 valence electrons. The molecule has 9 atom stereocenters. The number of hydrogen-bond donors (Lipinski definition) is 2. The molecule has 2 N–H and O–H groups in total. The molecule has 1 aliphatic heterocycles. The highest BCUT2D eigenvalue weighted by Crippen LogP contribution is 2.68. The van der Waals surface area contributed by atoms with E-state index in [1.54, 1.807) is 0 Å². The fraction of sp³-hybridized carbons (Fsp3) is 0.773. The van der Waals surface area contributed by atoms with Crippen LogP contribution in [0.3, 0.4) is 0 Å². The number of fused-ring (bicyclic) bond motifs is 5. The predicted octanol–water partition coefficient (Wildman–Crippen LogP) is 2.11. The number of carbonyl (C=O) groups excluding carboxylic acids is 3. The van der Waals surface area contributed by atoms with E-state index in [0.29, 0.717) is 31.3 Å². The molecule has 3 saturated carbocycles. The zero-order chi connectivity index (χ0) is 22.2. The molecule has 4 aliphatic rings. The number of ketones is 1. The number of rotatable bonds is 2. The van der Waals surface area contributed by atoms with Crippen LogP contribution in [0, 0.1) is 28.6 Å². The summed E-state index contributed by atoms with van der Waals surface area (Å²) in [6.45, 7) is 6.56. The van der Waals surface area contributed by atoms with E-state index in [2.05, 4.69) is 0 Å². The number of aliphatic hydroxyl groups is 2. The van der Waals surface area contributed by atoms with E-state index < -0.39 is 46.1 Å². The second kappa shape index (κ2) is 6.78. The summed E-state index contributed by atoms with van der Waals surface area (Å²) in [5.41, 5.74) is -2.31. The molecule has 4 rings (SSSR count). The van der Waals surface area contributed by atoms with Gasteiger partial charge in [-0.05, 0) is 62.9 Å². The minimum absolute atomic E-state index is 0.140. The summed E-state index contributed by atoms with van der Waals surface area (Å²) in [5, 5.41) is 21.1. The van der Waals surface area contributed by atoms with Gasteiger partial charge in [-0.3, -0.25) is 9.59 Å². The van der Waals surface area contributed by atoms with Crippen molar-refractivity contribution in [1.29, 1.82) is 0 Å². The number of esters is 2. The molecule has 8 heteroatoms. The Morgan fingerprint density at radius 1 is 1.17 bits per heavy atom. The smallest absolute Gasteiger partial charge is 0.333 e. The van der Waals surface area contributed by atoms with Crippen molar-refractivity contribution in [2.75, 3.05) is 0 Å². The Bertz CT molecular complexity index is 839. The van der Waals surface area contributed by atoms with Gasteiger partial charge < -0.3 is 19.7 Å². The van der Waals surface area contributed by atoms with Gasteiger partial charge in [0.1, 0.15) is 0 Å². The van der Waals surface area contributed by atoms with Crippen LogP contribution in [0.4, 0.5) is 0 Å². The fourth-order valence-corrected chi connectivity index (χ4v) is 7.74. The van der Waals surface area contributed by atoms with Gasteiger partial charge in [0.15, 0.2) is 11.4 Å². The van der Waals surface area contributed by atoms with Crippen molar-refractivity contribution < 1.29 is 34.1 Å². The number of carbonyl (C=O) groups is 3. The summed E-state index contributed by atoms with van der Waals surface area (Å²) in [6.07, 6.45) is 1.11. The Morgan fingerprint density at radius 3 is 2.40 bits per heavy atom. The lowest BCUT2D eigenvalue weighted by atomic mass is 9.46. The Morgan fingerprint density at radius 2 is 1.80 bits per heavy atom. The summed E-state index contributed by atoms with van der Waals surface area (Å²) < 4.78 is 10.8. The van der Waals surface area contributed by atoms with Gasteiger partial charge in [-0.2, -0.15) is 0 Å². The van der Waals surface area contributed by atoms with Crippen molar-refractivity contribution in [1.82, 2.24) is 0 Å². The van der Waals surface area contributed by atoms with E-state index in [9.17, 15) is 24.6 Å². The third kappa shape index (κ3) is 2.55. The maximum atomic E-state index is 12.8. The number of alkyl halides is 1. The van der Waals surface area contributed by atoms with Crippen LogP contribution < -0.4 is 0 Å². The molecule has 0 aromatic heterocycles.